The maximum atomic E-state index is 12.8. The van der Waals surface area contributed by atoms with Crippen molar-refractivity contribution in [3.8, 4) is 0 Å². The quantitative estimate of drug-likeness (QED) is 0.535. The first-order valence-electron chi connectivity index (χ1n) is 10.0. The Morgan fingerprint density at radius 3 is 2.68 bits per heavy atom. The summed E-state index contributed by atoms with van der Waals surface area (Å²) in [4.78, 5) is 28.1. The smallest absolute Gasteiger partial charge is 0.321 e. The summed E-state index contributed by atoms with van der Waals surface area (Å²) in [7, 11) is 0. The monoisotopic (exact) mass is 453 g/mol. The number of carbonyl (C=O) groups excluding carboxylic acids is 2. The van der Waals surface area contributed by atoms with Gasteiger partial charge in [-0.3, -0.25) is 4.79 Å². The number of benzene rings is 2. The molecule has 0 spiro atoms. The molecular formula is C22H23N5O2S2. The van der Waals surface area contributed by atoms with E-state index in [9.17, 15) is 9.59 Å². The van der Waals surface area contributed by atoms with Gasteiger partial charge in [0.05, 0.1) is 0 Å². The number of anilines is 2. The number of thioether (sulfide) groups is 1. The second-order valence-electron chi connectivity index (χ2n) is 7.21. The first kappa shape index (κ1) is 21.3. The van der Waals surface area contributed by atoms with Gasteiger partial charge in [0, 0.05) is 35.3 Å². The minimum Gasteiger partial charge on any atom is -0.324 e. The number of likely N-dealkylation sites (tertiary alicyclic amines) is 1. The lowest BCUT2D eigenvalue weighted by atomic mass is 9.99. The topological polar surface area (TPSA) is 87.2 Å². The van der Waals surface area contributed by atoms with Crippen LogP contribution in [0.2, 0.25) is 0 Å². The Hall–Kier alpha value is -2.91. The summed E-state index contributed by atoms with van der Waals surface area (Å²) in [6.45, 7) is 1.26. The largest absolute Gasteiger partial charge is 0.324 e. The predicted molar refractivity (Wildman–Crippen MR) is 125 cm³/mol. The van der Waals surface area contributed by atoms with Crippen molar-refractivity contribution in [3.05, 3.63) is 64.6 Å². The third-order valence-electron chi connectivity index (χ3n) is 5.05. The summed E-state index contributed by atoms with van der Waals surface area (Å²) in [6, 6.07) is 17.0. The number of aromatic nitrogens is 2. The van der Waals surface area contributed by atoms with Gasteiger partial charge >= 0.3 is 6.03 Å². The van der Waals surface area contributed by atoms with Gasteiger partial charge in [0.1, 0.15) is 5.01 Å². The first-order chi connectivity index (χ1) is 15.1. The minimum absolute atomic E-state index is 0.0767. The van der Waals surface area contributed by atoms with Gasteiger partial charge in [0.25, 0.3) is 5.91 Å². The summed E-state index contributed by atoms with van der Waals surface area (Å²) in [5, 5.41) is 15.3. The van der Waals surface area contributed by atoms with Gasteiger partial charge in [-0.2, -0.15) is 0 Å². The molecule has 7 nitrogen and oxygen atoms in total. The molecule has 0 radical (unpaired) electrons. The van der Waals surface area contributed by atoms with Crippen LogP contribution in [0.1, 0.15) is 33.6 Å². The molecule has 9 heteroatoms. The number of urea groups is 1. The SMILES string of the molecule is CSc1cccc(NC(=O)N2CCC[C@H](c3nnc(C(=O)Nc4ccccc4)s3)C2)c1. The van der Waals surface area contributed by atoms with E-state index in [2.05, 4.69) is 20.8 Å². The Labute approximate surface area is 189 Å². The van der Waals surface area contributed by atoms with E-state index in [0.717, 1.165) is 34.1 Å². The maximum Gasteiger partial charge on any atom is 0.321 e. The Morgan fingerprint density at radius 1 is 1.06 bits per heavy atom. The summed E-state index contributed by atoms with van der Waals surface area (Å²) in [5.74, 6) is -0.193. The number of nitrogens with zero attached hydrogens (tertiary/aromatic N) is 3. The summed E-state index contributed by atoms with van der Waals surface area (Å²) in [5.41, 5.74) is 1.50. The molecule has 2 aromatic carbocycles. The molecule has 3 amide bonds. The number of nitrogens with one attached hydrogen (secondary N) is 2. The van der Waals surface area contributed by atoms with Gasteiger partial charge in [-0.1, -0.05) is 35.6 Å². The summed E-state index contributed by atoms with van der Waals surface area (Å²) < 4.78 is 0. The van der Waals surface area contributed by atoms with Crippen LogP contribution in [-0.4, -0.2) is 46.4 Å². The fraction of sp³-hybridized carbons (Fsp3) is 0.273. The highest BCUT2D eigenvalue weighted by Gasteiger charge is 2.28. The lowest BCUT2D eigenvalue weighted by Gasteiger charge is -2.31. The average molecular weight is 454 g/mol. The van der Waals surface area contributed by atoms with Crippen molar-refractivity contribution < 1.29 is 9.59 Å². The van der Waals surface area contributed by atoms with Gasteiger partial charge in [-0.15, -0.1) is 22.0 Å². The van der Waals surface area contributed by atoms with Gasteiger partial charge in [-0.25, -0.2) is 4.79 Å². The first-order valence-corrected chi connectivity index (χ1v) is 12.1. The third-order valence-corrected chi connectivity index (χ3v) is 6.86. The van der Waals surface area contributed by atoms with E-state index in [0.29, 0.717) is 18.1 Å². The Kier molecular flexibility index (Phi) is 6.83. The molecule has 4 rings (SSSR count). The van der Waals surface area contributed by atoms with Crippen molar-refractivity contribution in [2.75, 3.05) is 30.0 Å². The van der Waals surface area contributed by atoms with Crippen molar-refractivity contribution in [2.45, 2.75) is 23.7 Å². The van der Waals surface area contributed by atoms with Gasteiger partial charge < -0.3 is 15.5 Å². The molecule has 2 N–H and O–H groups in total. The molecular weight excluding hydrogens is 430 g/mol. The second kappa shape index (κ2) is 9.93. The minimum atomic E-state index is -0.269. The summed E-state index contributed by atoms with van der Waals surface area (Å²) >= 11 is 2.93. The molecule has 31 heavy (non-hydrogen) atoms. The molecule has 3 aromatic rings. The van der Waals surface area contributed by atoms with Crippen LogP contribution in [0, 0.1) is 0 Å². The second-order valence-corrected chi connectivity index (χ2v) is 9.10. The van der Waals surface area contributed by atoms with Crippen molar-refractivity contribution in [1.29, 1.82) is 0 Å². The molecule has 2 heterocycles. The maximum absolute atomic E-state index is 12.8. The number of para-hydroxylation sites is 1. The molecule has 1 aromatic heterocycles. The molecule has 1 atom stereocenters. The van der Waals surface area contributed by atoms with Crippen molar-refractivity contribution >= 4 is 46.4 Å². The van der Waals surface area contributed by atoms with E-state index >= 15 is 0 Å². The normalized spacial score (nSPS) is 16.0. The zero-order chi connectivity index (χ0) is 21.6. The van der Waals surface area contributed by atoms with Crippen LogP contribution in [0.4, 0.5) is 16.2 Å². The van der Waals surface area contributed by atoms with Crippen LogP contribution < -0.4 is 10.6 Å². The number of hydrogen-bond acceptors (Lipinski definition) is 6. The molecule has 0 unspecified atom stereocenters. The van der Waals surface area contributed by atoms with Crippen LogP contribution in [0.3, 0.4) is 0 Å². The number of carbonyl (C=O) groups is 2. The number of rotatable bonds is 5. The molecule has 1 aliphatic heterocycles. The van der Waals surface area contributed by atoms with Gasteiger partial charge in [0.2, 0.25) is 5.01 Å². The van der Waals surface area contributed by atoms with Crippen LogP contribution in [0.5, 0.6) is 0 Å². The van der Waals surface area contributed by atoms with E-state index in [-0.39, 0.29) is 17.9 Å². The standard InChI is InChI=1S/C22H23N5O2S2/c1-30-18-11-5-10-17(13-18)24-22(29)27-12-6-7-15(14-27)20-25-26-21(31-20)19(28)23-16-8-3-2-4-9-16/h2-5,8-11,13,15H,6-7,12,14H2,1H3,(H,23,28)(H,24,29)/t15-/m0/s1. The van der Waals surface area contributed by atoms with Crippen LogP contribution in [0.15, 0.2) is 59.5 Å². The van der Waals surface area contributed by atoms with E-state index in [4.69, 9.17) is 0 Å². The number of amides is 3. The van der Waals surface area contributed by atoms with Crippen molar-refractivity contribution in [3.63, 3.8) is 0 Å². The van der Waals surface area contributed by atoms with E-state index in [1.807, 2.05) is 65.8 Å². The lowest BCUT2D eigenvalue weighted by Crippen LogP contribution is -2.41. The molecule has 0 saturated carbocycles. The highest BCUT2D eigenvalue weighted by Crippen LogP contribution is 2.30. The third kappa shape index (κ3) is 5.42. The molecule has 160 valence electrons. The molecule has 0 aliphatic carbocycles. The Bertz CT molecular complexity index is 1060. The highest BCUT2D eigenvalue weighted by atomic mass is 32.2. The Balaban J connectivity index is 1.38. The van der Waals surface area contributed by atoms with Crippen LogP contribution >= 0.6 is 23.1 Å². The summed E-state index contributed by atoms with van der Waals surface area (Å²) in [6.07, 6.45) is 3.81. The lowest BCUT2D eigenvalue weighted by molar-refractivity contribution is 0.102. The molecule has 1 aliphatic rings. The van der Waals surface area contributed by atoms with E-state index < -0.39 is 0 Å². The molecule has 0 bridgehead atoms. The fourth-order valence-electron chi connectivity index (χ4n) is 3.46. The Morgan fingerprint density at radius 2 is 1.87 bits per heavy atom. The van der Waals surface area contributed by atoms with E-state index in [1.54, 1.807) is 11.8 Å². The highest BCUT2D eigenvalue weighted by molar-refractivity contribution is 7.98. The van der Waals surface area contributed by atoms with Gasteiger partial charge in [-0.05, 0) is 49.4 Å². The fourth-order valence-corrected chi connectivity index (χ4v) is 4.79. The number of hydrogen-bond donors (Lipinski definition) is 2. The zero-order valence-corrected chi connectivity index (χ0v) is 18.7. The van der Waals surface area contributed by atoms with Crippen molar-refractivity contribution in [1.82, 2.24) is 15.1 Å². The zero-order valence-electron chi connectivity index (χ0n) is 17.1. The predicted octanol–water partition coefficient (Wildman–Crippen LogP) is 4.92. The van der Waals surface area contributed by atoms with Gasteiger partial charge in [0.15, 0.2) is 0 Å². The average Bonchev–Trinajstić information content (AvgIpc) is 3.31. The molecule has 1 saturated heterocycles. The molecule has 1 fully saturated rings. The van der Waals surface area contributed by atoms with Crippen molar-refractivity contribution in [2.24, 2.45) is 0 Å². The van der Waals surface area contributed by atoms with E-state index in [1.165, 1.54) is 11.3 Å². The number of piperidine rings is 1. The van der Waals surface area contributed by atoms with Crippen LogP contribution in [0.25, 0.3) is 0 Å². The van der Waals surface area contributed by atoms with Crippen LogP contribution in [-0.2, 0) is 0 Å².